The monoisotopic (exact) mass is 588 g/mol. The summed E-state index contributed by atoms with van der Waals surface area (Å²) in [6, 6.07) is 22.4. The summed E-state index contributed by atoms with van der Waals surface area (Å²) in [5.74, 6) is -0.958. The average Bonchev–Trinajstić information content (AvgIpc) is 2.90. The number of nitrogens with one attached hydrogen (secondary N) is 1. The molecule has 0 aliphatic heterocycles. The summed E-state index contributed by atoms with van der Waals surface area (Å²) < 4.78 is 42.1. The third-order valence-corrected chi connectivity index (χ3v) is 8.21. The quantitative estimate of drug-likeness (QED) is 0.202. The number of halogens is 3. The topological polar surface area (TPSA) is 107 Å². The molecule has 0 bridgehead atoms. The van der Waals surface area contributed by atoms with Crippen LogP contribution >= 0.6 is 23.2 Å². The van der Waals surface area contributed by atoms with E-state index >= 15 is 0 Å². The number of hydrogen-bond donors (Lipinski definition) is 3. The van der Waals surface area contributed by atoms with Gasteiger partial charge < -0.3 is 15.5 Å². The van der Waals surface area contributed by atoms with Gasteiger partial charge in [0.05, 0.1) is 5.02 Å². The van der Waals surface area contributed by atoms with E-state index in [1.54, 1.807) is 60.7 Å². The second kappa shape index (κ2) is 12.0. The summed E-state index contributed by atoms with van der Waals surface area (Å²) in [6.07, 6.45) is -1.18. The summed E-state index contributed by atoms with van der Waals surface area (Å²) in [4.78, 5) is 10.4. The lowest BCUT2D eigenvalue weighted by Gasteiger charge is -2.24. The fourth-order valence-electron chi connectivity index (χ4n) is 3.97. The van der Waals surface area contributed by atoms with Crippen molar-refractivity contribution in [2.75, 3.05) is 0 Å². The standard InChI is InChI=1S/C28H23Cl2FN2O5S/c29-23-13-25(30)27(34)26(14-23)39(37,38)33(17-20-3-1-2-19(12-20)15-32-28(35)36)16-18-4-6-21(7-5-18)22-8-10-24(31)11-9-22/h1-14,32,34H,15-17H2,(H,35,36). The predicted octanol–water partition coefficient (Wildman–Crippen LogP) is 6.66. The molecule has 0 spiro atoms. The van der Waals surface area contributed by atoms with Gasteiger partial charge in [-0.2, -0.15) is 4.31 Å². The number of amides is 1. The number of sulfonamides is 1. The molecule has 7 nitrogen and oxygen atoms in total. The van der Waals surface area contributed by atoms with Gasteiger partial charge in [-0.25, -0.2) is 17.6 Å². The number of carbonyl (C=O) groups is 1. The molecule has 4 aromatic carbocycles. The van der Waals surface area contributed by atoms with Gasteiger partial charge in [0.15, 0.2) is 5.75 Å². The molecule has 0 aliphatic rings. The minimum Gasteiger partial charge on any atom is -0.505 e. The zero-order chi connectivity index (χ0) is 28.2. The van der Waals surface area contributed by atoms with Gasteiger partial charge in [-0.05, 0) is 52.1 Å². The second-order valence-corrected chi connectivity index (χ2v) is 11.4. The third-order valence-electron chi connectivity index (χ3n) is 5.90. The molecule has 0 aliphatic carbocycles. The van der Waals surface area contributed by atoms with Crippen LogP contribution in [0.25, 0.3) is 11.1 Å². The maximum Gasteiger partial charge on any atom is 0.404 e. The fraction of sp³-hybridized carbons (Fsp3) is 0.107. The van der Waals surface area contributed by atoms with Gasteiger partial charge in [0.2, 0.25) is 10.0 Å². The maximum atomic E-state index is 13.8. The van der Waals surface area contributed by atoms with Gasteiger partial charge >= 0.3 is 6.09 Å². The van der Waals surface area contributed by atoms with Crippen LogP contribution in [0.5, 0.6) is 5.75 Å². The number of aromatic hydroxyl groups is 1. The molecule has 0 fully saturated rings. The van der Waals surface area contributed by atoms with Crippen molar-refractivity contribution >= 4 is 39.3 Å². The van der Waals surface area contributed by atoms with Crippen LogP contribution < -0.4 is 5.32 Å². The summed E-state index contributed by atoms with van der Waals surface area (Å²) in [6.45, 7) is -0.106. The van der Waals surface area contributed by atoms with Crippen molar-refractivity contribution in [1.82, 2.24) is 9.62 Å². The molecule has 0 saturated heterocycles. The van der Waals surface area contributed by atoms with Crippen molar-refractivity contribution < 1.29 is 27.8 Å². The number of benzene rings is 4. The van der Waals surface area contributed by atoms with Crippen LogP contribution in [-0.4, -0.2) is 29.0 Å². The van der Waals surface area contributed by atoms with Gasteiger partial charge in [-0.15, -0.1) is 0 Å². The van der Waals surface area contributed by atoms with Gasteiger partial charge in [0.1, 0.15) is 10.7 Å². The van der Waals surface area contributed by atoms with E-state index < -0.39 is 26.8 Å². The van der Waals surface area contributed by atoms with Crippen molar-refractivity contribution in [1.29, 1.82) is 0 Å². The molecule has 4 aromatic rings. The highest BCUT2D eigenvalue weighted by molar-refractivity contribution is 7.89. The van der Waals surface area contributed by atoms with Crippen LogP contribution in [0.2, 0.25) is 10.0 Å². The Labute approximate surface area is 235 Å². The van der Waals surface area contributed by atoms with E-state index in [9.17, 15) is 22.7 Å². The predicted molar refractivity (Wildman–Crippen MR) is 148 cm³/mol. The fourth-order valence-corrected chi connectivity index (χ4v) is 6.13. The number of rotatable bonds is 9. The summed E-state index contributed by atoms with van der Waals surface area (Å²) in [5.41, 5.74) is 3.52. The highest BCUT2D eigenvalue weighted by Crippen LogP contribution is 2.36. The lowest BCUT2D eigenvalue weighted by molar-refractivity contribution is 0.194. The molecule has 4 rings (SSSR count). The first-order valence-corrected chi connectivity index (χ1v) is 13.8. The molecule has 202 valence electrons. The van der Waals surface area contributed by atoms with Crippen molar-refractivity contribution in [3.8, 4) is 16.9 Å². The Morgan fingerprint density at radius 2 is 1.44 bits per heavy atom. The number of phenols is 1. The molecule has 0 unspecified atom stereocenters. The Balaban J connectivity index is 1.68. The molecule has 0 atom stereocenters. The van der Waals surface area contributed by atoms with Gasteiger partial charge in [0, 0.05) is 24.7 Å². The zero-order valence-electron chi connectivity index (χ0n) is 20.3. The van der Waals surface area contributed by atoms with Crippen LogP contribution in [0.1, 0.15) is 16.7 Å². The van der Waals surface area contributed by atoms with E-state index in [0.717, 1.165) is 17.2 Å². The molecule has 1 amide bonds. The number of hydrogen-bond acceptors (Lipinski definition) is 4. The number of carboxylic acid groups (broad SMARTS) is 1. The Morgan fingerprint density at radius 3 is 2.08 bits per heavy atom. The van der Waals surface area contributed by atoms with E-state index in [1.165, 1.54) is 22.5 Å². The summed E-state index contributed by atoms with van der Waals surface area (Å²) in [5, 5.41) is 21.5. The average molecular weight is 589 g/mol. The van der Waals surface area contributed by atoms with Crippen molar-refractivity contribution in [2.45, 2.75) is 24.5 Å². The smallest absolute Gasteiger partial charge is 0.404 e. The summed E-state index contributed by atoms with van der Waals surface area (Å²) in [7, 11) is -4.32. The molecule has 11 heteroatoms. The molecule has 39 heavy (non-hydrogen) atoms. The van der Waals surface area contributed by atoms with E-state index in [2.05, 4.69) is 5.32 Å². The Morgan fingerprint density at radius 1 is 0.846 bits per heavy atom. The highest BCUT2D eigenvalue weighted by atomic mass is 35.5. The van der Waals surface area contributed by atoms with Crippen molar-refractivity contribution in [2.24, 2.45) is 0 Å². The third kappa shape index (κ3) is 7.07. The van der Waals surface area contributed by atoms with Crippen LogP contribution in [0.15, 0.2) is 89.8 Å². The van der Waals surface area contributed by atoms with Crippen LogP contribution in [0, 0.1) is 5.82 Å². The normalized spacial score (nSPS) is 11.5. The molecule has 0 aromatic heterocycles. The lowest BCUT2D eigenvalue weighted by Crippen LogP contribution is -2.30. The zero-order valence-corrected chi connectivity index (χ0v) is 22.6. The van der Waals surface area contributed by atoms with E-state index in [4.69, 9.17) is 28.3 Å². The number of phenolic OH excluding ortho intramolecular Hbond substituents is 1. The highest BCUT2D eigenvalue weighted by Gasteiger charge is 2.29. The Kier molecular flexibility index (Phi) is 8.76. The van der Waals surface area contributed by atoms with Crippen molar-refractivity contribution in [3.05, 3.63) is 117 Å². The van der Waals surface area contributed by atoms with Gasteiger partial charge in [-0.3, -0.25) is 0 Å². The van der Waals surface area contributed by atoms with E-state index in [0.29, 0.717) is 16.7 Å². The Hall–Kier alpha value is -3.63. The molecule has 3 N–H and O–H groups in total. The molecule has 0 radical (unpaired) electrons. The largest absolute Gasteiger partial charge is 0.505 e. The minimum absolute atomic E-state index is 0.0433. The van der Waals surface area contributed by atoms with Gasteiger partial charge in [-0.1, -0.05) is 83.9 Å². The van der Waals surface area contributed by atoms with Crippen LogP contribution in [-0.2, 0) is 29.7 Å². The van der Waals surface area contributed by atoms with Gasteiger partial charge in [0.25, 0.3) is 0 Å². The maximum absolute atomic E-state index is 13.8. The summed E-state index contributed by atoms with van der Waals surface area (Å²) >= 11 is 12.1. The van der Waals surface area contributed by atoms with Crippen molar-refractivity contribution in [3.63, 3.8) is 0 Å². The lowest BCUT2D eigenvalue weighted by atomic mass is 10.0. The van der Waals surface area contributed by atoms with E-state index in [1.807, 2.05) is 0 Å². The van der Waals surface area contributed by atoms with Crippen LogP contribution in [0.4, 0.5) is 9.18 Å². The van der Waals surface area contributed by atoms with Crippen LogP contribution in [0.3, 0.4) is 0 Å². The molecular weight excluding hydrogens is 566 g/mol. The number of nitrogens with zero attached hydrogens (tertiary/aromatic N) is 1. The molecule has 0 saturated carbocycles. The first-order chi connectivity index (χ1) is 18.5. The van der Waals surface area contributed by atoms with E-state index in [-0.39, 0.29) is 35.5 Å². The first kappa shape index (κ1) is 28.4. The SMILES string of the molecule is O=C(O)NCc1cccc(CN(Cc2ccc(-c3ccc(F)cc3)cc2)S(=O)(=O)c2cc(Cl)cc(Cl)c2O)c1. The first-order valence-electron chi connectivity index (χ1n) is 11.6. The Bertz CT molecular complexity index is 1600. The minimum atomic E-state index is -4.32. The molecule has 0 heterocycles. The molecular formula is C28H23Cl2FN2O5S. The second-order valence-electron chi connectivity index (χ2n) is 8.69.